The molecule has 0 atom stereocenters. The zero-order valence-electron chi connectivity index (χ0n) is 79.6. The minimum absolute atomic E-state index is 0. The summed E-state index contributed by atoms with van der Waals surface area (Å²) in [5.41, 5.74) is 7.65. The van der Waals surface area contributed by atoms with Gasteiger partial charge >= 0.3 is 0 Å². The molecule has 0 aromatic heterocycles. The first-order valence-corrected chi connectivity index (χ1v) is 54.7. The van der Waals surface area contributed by atoms with Gasteiger partial charge in [-0.2, -0.15) is 0 Å². The lowest BCUT2D eigenvalue weighted by molar-refractivity contribution is 0.155. The van der Waals surface area contributed by atoms with Crippen molar-refractivity contribution in [2.75, 3.05) is 0 Å². The van der Waals surface area contributed by atoms with E-state index in [-0.39, 0.29) is 23.5 Å². The van der Waals surface area contributed by atoms with Crippen LogP contribution in [0.25, 0.3) is 0 Å². The van der Waals surface area contributed by atoms with Gasteiger partial charge in [-0.15, -0.1) is 0 Å². The van der Waals surface area contributed by atoms with E-state index < -0.39 is 0 Å². The second-order valence-corrected chi connectivity index (χ2v) is 44.6. The third-order valence-electron chi connectivity index (χ3n) is 34.5. The monoisotopic (exact) mass is 1820 g/mol. The van der Waals surface area contributed by atoms with Crippen LogP contribution in [0.2, 0.25) is 0 Å². The van der Waals surface area contributed by atoms with E-state index in [0.29, 0.717) is 0 Å². The van der Waals surface area contributed by atoms with Crippen LogP contribution in [0.4, 0.5) is 23.5 Å². The summed E-state index contributed by atoms with van der Waals surface area (Å²) < 4.78 is 0. The Morgan fingerprint density at radius 3 is 0.384 bits per heavy atom. The summed E-state index contributed by atoms with van der Waals surface area (Å²) in [5.74, 6) is 19.6. The number of halogens is 5. The molecule has 5 aromatic rings. The zero-order valence-corrected chi connectivity index (χ0v) is 83.7. The summed E-state index contributed by atoms with van der Waals surface area (Å²) in [4.78, 5) is 4.88. The molecule has 10 aliphatic rings. The lowest BCUT2D eigenvalue weighted by Crippen LogP contribution is -2.25. The van der Waals surface area contributed by atoms with E-state index in [4.69, 9.17) is 63.1 Å². The lowest BCUT2D eigenvalue weighted by atomic mass is 9.68. The fourth-order valence-electron chi connectivity index (χ4n) is 26.5. The summed E-state index contributed by atoms with van der Waals surface area (Å²) in [5, 5.41) is 0. The van der Waals surface area contributed by atoms with Crippen LogP contribution in [0.5, 0.6) is 0 Å². The van der Waals surface area contributed by atoms with Crippen LogP contribution >= 0.6 is 63.1 Å². The topological polar surface area (TPSA) is 0 Å². The van der Waals surface area contributed by atoms with E-state index in [1.807, 2.05) is 0 Å². The Kier molecular flexibility index (Phi) is 55.2. The van der Waals surface area contributed by atoms with Gasteiger partial charge in [-0.1, -0.05) is 351 Å². The highest BCUT2D eigenvalue weighted by atomic mass is 32.1. The third-order valence-corrected chi connectivity index (χ3v) is 35.8. The van der Waals surface area contributed by atoms with Crippen molar-refractivity contribution in [3.05, 3.63) is 149 Å². The Hall–Kier alpha value is -3.15. The maximum Gasteiger partial charge on any atom is 0.0377 e. The Morgan fingerprint density at radius 1 is 0.160 bits per heavy atom. The molecule has 10 heteroatoms. The molecule has 0 saturated heterocycles. The fraction of sp³-hybridized carbons (Fsp3) is 0.739. The quantitative estimate of drug-likeness (QED) is 0.0318. The van der Waals surface area contributed by atoms with E-state index in [9.17, 15) is 0 Å². The first-order chi connectivity index (χ1) is 58.8. The average Bonchev–Trinajstić information content (AvgIpc) is 0.851. The summed E-state index contributed by atoms with van der Waals surface area (Å²) in [6.07, 6.45) is 88.1. The Balaban J connectivity index is 0.000000239. The maximum absolute atomic E-state index is 5.22. The average molecular weight is 1820 g/mol. The van der Waals surface area contributed by atoms with Crippen LogP contribution in [0.1, 0.15) is 477 Å². The van der Waals surface area contributed by atoms with Crippen molar-refractivity contribution in [2.45, 2.75) is 474 Å². The van der Waals surface area contributed by atoms with Crippen LogP contribution < -0.4 is 0 Å². The van der Waals surface area contributed by atoms with Gasteiger partial charge in [0.2, 0.25) is 0 Å². The molecule has 10 fully saturated rings. The largest absolute Gasteiger partial charge is 0.269 e. The van der Waals surface area contributed by atoms with Crippen LogP contribution in [-0.2, 0) is 0 Å². The molecule has 0 heterocycles. The van der Waals surface area contributed by atoms with Gasteiger partial charge in [0.25, 0.3) is 0 Å². The van der Waals surface area contributed by atoms with Crippen LogP contribution in [0.15, 0.2) is 146 Å². The third kappa shape index (κ3) is 38.0. The van der Waals surface area contributed by atoms with Gasteiger partial charge < -0.3 is 0 Å². The second-order valence-electron chi connectivity index (χ2n) is 42.3. The van der Waals surface area contributed by atoms with Gasteiger partial charge in [-0.25, -0.2) is 0 Å². The van der Waals surface area contributed by atoms with E-state index >= 15 is 0 Å². The molecule has 10 aliphatic carbocycles. The molecule has 0 N–H and O–H groups in total. The predicted molar refractivity (Wildman–Crippen MR) is 545 cm³/mol. The minimum Gasteiger partial charge on any atom is -0.269 e. The van der Waals surface area contributed by atoms with Crippen molar-refractivity contribution >= 4 is 63.1 Å². The molecule has 0 nitrogen and oxygen atoms in total. The molecule has 15 rings (SSSR count). The molecule has 5 radical (unpaired) electrons. The fourth-order valence-corrected chi connectivity index (χ4v) is 27.2. The molecule has 0 bridgehead atoms. The zero-order chi connectivity index (χ0) is 83.9. The molecule has 0 aliphatic heterocycles. The van der Waals surface area contributed by atoms with Crippen molar-refractivity contribution < 1.29 is 23.5 Å². The number of hydrogen-bond donors (Lipinski definition) is 0. The Bertz CT molecular complexity index is 2870. The molecule has 5 aromatic carbocycles. The predicted octanol–water partition coefficient (Wildman–Crippen LogP) is 40.3. The maximum atomic E-state index is 5.22. The Labute approximate surface area is 792 Å². The van der Waals surface area contributed by atoms with Crippen molar-refractivity contribution in [3.8, 4) is 0 Å². The molecule has 10 saturated carbocycles. The minimum atomic E-state index is 0. The van der Waals surface area contributed by atoms with E-state index in [0.717, 1.165) is 143 Å². The van der Waals surface area contributed by atoms with Gasteiger partial charge in [0.1, 0.15) is 0 Å². The highest BCUT2D eigenvalue weighted by Gasteiger charge is 2.37. The molecule has 0 unspecified atom stereocenters. The summed E-state index contributed by atoms with van der Waals surface area (Å²) in [6.45, 7) is 11.6. The van der Waals surface area contributed by atoms with Gasteiger partial charge in [-0.3, -0.25) is 23.5 Å². The van der Waals surface area contributed by atoms with E-state index in [1.54, 1.807) is 0 Å². The molecule has 0 spiro atoms. The standard InChI is InChI=1S/5C23H35S.5FH/c5*1-2-3-4-5-18-6-8-19(9-7-18)20-10-12-21(13-11-20)22-14-16-23(24)17-15-22;;;;;/h5*14-21H,2-13H2,1H3;5*1H/t5*18-,19-,20?,21?;;;;;. The van der Waals surface area contributed by atoms with Crippen LogP contribution in [0, 0.1) is 88.8 Å². The number of hydrogen-bond acceptors (Lipinski definition) is 0. The van der Waals surface area contributed by atoms with Crippen molar-refractivity contribution in [1.29, 1.82) is 0 Å². The van der Waals surface area contributed by atoms with Crippen molar-refractivity contribution in [1.82, 2.24) is 0 Å². The number of rotatable bonds is 30. The van der Waals surface area contributed by atoms with Gasteiger partial charge in [0.15, 0.2) is 0 Å². The SMILES string of the molecule is CCCCC[C@H]1CC[C@H](C2CCC(c3ccc([S])cc3)CC2)CC1.CCCCC[C@H]1CC[C@H](C2CCC(c3ccc([S])cc3)CC2)CC1.CCCCC[C@H]1CC[C@H](C2CCC(c3ccc([S])cc3)CC2)CC1.CCCCC[C@H]1CC[C@H](C2CCC(c3ccc([S])cc3)CC2)CC1.CCCCC[C@H]1CC[C@H](C2CCC(c3ccc([S])cc3)CC2)CC1.F.F.F.F.F. The molecular formula is C115H180F5S5. The van der Waals surface area contributed by atoms with Gasteiger partial charge in [-0.05, 0) is 399 Å². The van der Waals surface area contributed by atoms with Gasteiger partial charge in [0, 0.05) is 24.5 Å². The van der Waals surface area contributed by atoms with Crippen molar-refractivity contribution in [3.63, 3.8) is 0 Å². The normalized spacial score (nSPS) is 29.8. The second kappa shape index (κ2) is 62.4. The molecule has 125 heavy (non-hydrogen) atoms. The molecule has 0 amide bonds. The first kappa shape index (κ1) is 111. The van der Waals surface area contributed by atoms with E-state index in [1.165, 1.54) is 413 Å². The summed E-state index contributed by atoms with van der Waals surface area (Å²) >= 11 is 26.1. The lowest BCUT2D eigenvalue weighted by Gasteiger charge is -2.38. The van der Waals surface area contributed by atoms with Crippen LogP contribution in [-0.4, -0.2) is 0 Å². The highest BCUT2D eigenvalue weighted by Crippen LogP contribution is 2.51. The number of unbranched alkanes of at least 4 members (excludes halogenated alkanes) is 10. The number of benzene rings is 5. The Morgan fingerprint density at radius 2 is 0.272 bits per heavy atom. The molecular weight excluding hydrogens is 1640 g/mol. The summed E-state index contributed by atoms with van der Waals surface area (Å²) in [7, 11) is 0. The van der Waals surface area contributed by atoms with Gasteiger partial charge in [0.05, 0.1) is 0 Å². The first-order valence-electron chi connectivity index (χ1n) is 52.6. The van der Waals surface area contributed by atoms with Crippen molar-refractivity contribution in [2.24, 2.45) is 88.8 Å². The smallest absolute Gasteiger partial charge is 0.0377 e. The van der Waals surface area contributed by atoms with Crippen LogP contribution in [0.3, 0.4) is 0 Å². The van der Waals surface area contributed by atoms with E-state index in [2.05, 4.69) is 156 Å². The molecule has 705 valence electrons. The summed E-state index contributed by atoms with van der Waals surface area (Å²) in [6, 6.07) is 43.8. The highest BCUT2D eigenvalue weighted by molar-refractivity contribution is 7.81.